The van der Waals surface area contributed by atoms with Crippen molar-refractivity contribution < 1.29 is 9.53 Å². The lowest BCUT2D eigenvalue weighted by Gasteiger charge is -2.10. The van der Waals surface area contributed by atoms with Crippen LogP contribution in [-0.2, 0) is 0 Å². The molecule has 2 rings (SSSR count). The molecule has 3 N–H and O–H groups in total. The zero-order chi connectivity index (χ0) is 14.5. The van der Waals surface area contributed by atoms with E-state index in [-0.39, 0.29) is 5.91 Å². The largest absolute Gasteiger partial charge is 0.492 e. The lowest BCUT2D eigenvalue weighted by molar-refractivity contribution is 0.102. The summed E-state index contributed by atoms with van der Waals surface area (Å²) in [5, 5.41) is 2.76. The maximum Gasteiger partial charge on any atom is 0.256 e. The van der Waals surface area contributed by atoms with Gasteiger partial charge in [-0.25, -0.2) is 4.98 Å². The minimum absolute atomic E-state index is 0.249. The molecule has 1 aromatic carbocycles. The van der Waals surface area contributed by atoms with E-state index in [9.17, 15) is 4.79 Å². The Balaban J connectivity index is 2.18. The fourth-order valence-electron chi connectivity index (χ4n) is 1.77. The molecule has 0 aliphatic rings. The first-order valence-corrected chi connectivity index (χ1v) is 6.37. The molecule has 0 unspecified atom stereocenters. The SMILES string of the molecule is CCOc1ccc(C(=O)Nc2ncccc2C)cc1N. The maximum atomic E-state index is 12.1. The van der Waals surface area contributed by atoms with E-state index in [1.54, 1.807) is 24.4 Å². The minimum Gasteiger partial charge on any atom is -0.492 e. The molecule has 1 heterocycles. The van der Waals surface area contributed by atoms with Gasteiger partial charge < -0.3 is 15.8 Å². The first-order valence-electron chi connectivity index (χ1n) is 6.37. The van der Waals surface area contributed by atoms with Crippen molar-refractivity contribution in [3.8, 4) is 5.75 Å². The molecule has 0 saturated carbocycles. The van der Waals surface area contributed by atoms with Gasteiger partial charge in [0.1, 0.15) is 11.6 Å². The number of nitrogens with two attached hydrogens (primary N) is 1. The molecule has 1 amide bonds. The molecule has 5 nitrogen and oxygen atoms in total. The highest BCUT2D eigenvalue weighted by atomic mass is 16.5. The average molecular weight is 271 g/mol. The van der Waals surface area contributed by atoms with Crippen LogP contribution in [0, 0.1) is 6.92 Å². The lowest BCUT2D eigenvalue weighted by atomic mass is 10.1. The zero-order valence-electron chi connectivity index (χ0n) is 11.5. The van der Waals surface area contributed by atoms with Crippen LogP contribution in [0.25, 0.3) is 0 Å². The second kappa shape index (κ2) is 6.06. The van der Waals surface area contributed by atoms with E-state index in [1.165, 1.54) is 0 Å². The van der Waals surface area contributed by atoms with E-state index >= 15 is 0 Å². The van der Waals surface area contributed by atoms with E-state index in [0.29, 0.717) is 29.4 Å². The number of nitrogens with zero attached hydrogens (tertiary/aromatic N) is 1. The van der Waals surface area contributed by atoms with E-state index in [1.807, 2.05) is 26.0 Å². The number of benzene rings is 1. The third kappa shape index (κ3) is 3.06. The van der Waals surface area contributed by atoms with Gasteiger partial charge in [-0.3, -0.25) is 4.79 Å². The number of hydrogen-bond donors (Lipinski definition) is 2. The Bertz CT molecular complexity index is 626. The van der Waals surface area contributed by atoms with Gasteiger partial charge in [0.2, 0.25) is 0 Å². The van der Waals surface area contributed by atoms with Crippen molar-refractivity contribution >= 4 is 17.4 Å². The Labute approximate surface area is 117 Å². The summed E-state index contributed by atoms with van der Waals surface area (Å²) in [6.07, 6.45) is 1.63. The van der Waals surface area contributed by atoms with Gasteiger partial charge >= 0.3 is 0 Å². The van der Waals surface area contributed by atoms with E-state index in [4.69, 9.17) is 10.5 Å². The van der Waals surface area contributed by atoms with Gasteiger partial charge in [0.05, 0.1) is 12.3 Å². The molecule has 0 aliphatic carbocycles. The number of amides is 1. The number of pyridine rings is 1. The van der Waals surface area contributed by atoms with Crippen molar-refractivity contribution in [2.45, 2.75) is 13.8 Å². The summed E-state index contributed by atoms with van der Waals surface area (Å²) in [4.78, 5) is 16.3. The van der Waals surface area contributed by atoms with Crippen LogP contribution in [0.3, 0.4) is 0 Å². The van der Waals surface area contributed by atoms with Gasteiger partial charge in [0.15, 0.2) is 0 Å². The monoisotopic (exact) mass is 271 g/mol. The van der Waals surface area contributed by atoms with Crippen molar-refractivity contribution in [2.24, 2.45) is 0 Å². The highest BCUT2D eigenvalue weighted by Crippen LogP contribution is 2.23. The molecule has 0 radical (unpaired) electrons. The molecule has 104 valence electrons. The summed E-state index contributed by atoms with van der Waals surface area (Å²) in [7, 11) is 0. The standard InChI is InChI=1S/C15H17N3O2/c1-3-20-13-7-6-11(9-12(13)16)15(19)18-14-10(2)5-4-8-17-14/h4-9H,3,16H2,1-2H3,(H,17,18,19). The third-order valence-corrected chi connectivity index (χ3v) is 2.81. The average Bonchev–Trinajstić information content (AvgIpc) is 2.43. The van der Waals surface area contributed by atoms with Crippen LogP contribution >= 0.6 is 0 Å². The van der Waals surface area contributed by atoms with E-state index in [0.717, 1.165) is 5.56 Å². The Morgan fingerprint density at radius 1 is 1.40 bits per heavy atom. The maximum absolute atomic E-state index is 12.1. The summed E-state index contributed by atoms with van der Waals surface area (Å²) >= 11 is 0. The number of nitrogen functional groups attached to an aromatic ring is 1. The number of carbonyl (C=O) groups excluding carboxylic acids is 1. The van der Waals surface area contributed by atoms with Crippen molar-refractivity contribution in [1.29, 1.82) is 0 Å². The summed E-state index contributed by atoms with van der Waals surface area (Å²) in [5.41, 5.74) is 7.66. The van der Waals surface area contributed by atoms with Crippen molar-refractivity contribution in [1.82, 2.24) is 4.98 Å². The van der Waals surface area contributed by atoms with Crippen LogP contribution in [0.1, 0.15) is 22.8 Å². The molecule has 0 saturated heterocycles. The number of carbonyl (C=O) groups is 1. The number of aryl methyl sites for hydroxylation is 1. The van der Waals surface area contributed by atoms with Crippen LogP contribution in [0.15, 0.2) is 36.5 Å². The highest BCUT2D eigenvalue weighted by molar-refractivity contribution is 6.04. The topological polar surface area (TPSA) is 77.2 Å². The van der Waals surface area contributed by atoms with Gasteiger partial charge in [-0.05, 0) is 43.7 Å². The third-order valence-electron chi connectivity index (χ3n) is 2.81. The first kappa shape index (κ1) is 13.9. The van der Waals surface area contributed by atoms with Gasteiger partial charge in [-0.1, -0.05) is 6.07 Å². The predicted molar refractivity (Wildman–Crippen MR) is 79.0 cm³/mol. The second-order valence-electron chi connectivity index (χ2n) is 4.31. The number of nitrogens with one attached hydrogen (secondary N) is 1. The number of rotatable bonds is 4. The van der Waals surface area contributed by atoms with Crippen molar-refractivity contribution in [3.63, 3.8) is 0 Å². The molecule has 0 fully saturated rings. The summed E-state index contributed by atoms with van der Waals surface area (Å²) < 4.78 is 5.34. The van der Waals surface area contributed by atoms with Crippen LogP contribution in [0.2, 0.25) is 0 Å². The molecule has 20 heavy (non-hydrogen) atoms. The van der Waals surface area contributed by atoms with Gasteiger partial charge in [0.25, 0.3) is 5.91 Å². The van der Waals surface area contributed by atoms with Crippen LogP contribution in [-0.4, -0.2) is 17.5 Å². The molecule has 5 heteroatoms. The first-order chi connectivity index (χ1) is 9.61. The Morgan fingerprint density at radius 3 is 2.85 bits per heavy atom. The van der Waals surface area contributed by atoms with Crippen LogP contribution < -0.4 is 15.8 Å². The molecule has 2 aromatic rings. The molecular weight excluding hydrogens is 254 g/mol. The van der Waals surface area contributed by atoms with Crippen LogP contribution in [0.4, 0.5) is 11.5 Å². The van der Waals surface area contributed by atoms with Gasteiger partial charge in [-0.2, -0.15) is 0 Å². The molecule has 0 aliphatic heterocycles. The predicted octanol–water partition coefficient (Wildman–Crippen LogP) is 2.62. The van der Waals surface area contributed by atoms with Gasteiger partial charge in [-0.15, -0.1) is 0 Å². The number of hydrogen-bond acceptors (Lipinski definition) is 4. The van der Waals surface area contributed by atoms with Crippen molar-refractivity contribution in [3.05, 3.63) is 47.7 Å². The molecule has 0 atom stereocenters. The number of anilines is 2. The quantitative estimate of drug-likeness (QED) is 0.838. The Hall–Kier alpha value is -2.56. The van der Waals surface area contributed by atoms with E-state index in [2.05, 4.69) is 10.3 Å². The van der Waals surface area contributed by atoms with Crippen LogP contribution in [0.5, 0.6) is 5.75 Å². The normalized spacial score (nSPS) is 10.1. The highest BCUT2D eigenvalue weighted by Gasteiger charge is 2.10. The summed E-state index contributed by atoms with van der Waals surface area (Å²) in [6.45, 7) is 4.29. The molecular formula is C15H17N3O2. The van der Waals surface area contributed by atoms with Crippen molar-refractivity contribution in [2.75, 3.05) is 17.7 Å². The van der Waals surface area contributed by atoms with Gasteiger partial charge in [0, 0.05) is 11.8 Å². The zero-order valence-corrected chi connectivity index (χ0v) is 11.5. The smallest absolute Gasteiger partial charge is 0.256 e. The number of ether oxygens (including phenoxy) is 1. The lowest BCUT2D eigenvalue weighted by Crippen LogP contribution is -2.14. The minimum atomic E-state index is -0.249. The molecule has 0 spiro atoms. The summed E-state index contributed by atoms with van der Waals surface area (Å²) in [5.74, 6) is 0.879. The second-order valence-corrected chi connectivity index (χ2v) is 4.31. The fraction of sp³-hybridized carbons (Fsp3) is 0.200. The Morgan fingerprint density at radius 2 is 2.20 bits per heavy atom. The molecule has 0 bridgehead atoms. The van der Waals surface area contributed by atoms with E-state index < -0.39 is 0 Å². The Kier molecular flexibility index (Phi) is 4.20. The molecule has 1 aromatic heterocycles. The summed E-state index contributed by atoms with van der Waals surface area (Å²) in [6, 6.07) is 8.67. The fourth-order valence-corrected chi connectivity index (χ4v) is 1.77. The number of aromatic nitrogens is 1.